The van der Waals surface area contributed by atoms with Gasteiger partial charge in [-0.3, -0.25) is 9.52 Å². The van der Waals surface area contributed by atoms with Gasteiger partial charge in [0.05, 0.1) is 4.90 Å². The van der Waals surface area contributed by atoms with Crippen molar-refractivity contribution < 1.29 is 17.6 Å². The summed E-state index contributed by atoms with van der Waals surface area (Å²) in [6.45, 7) is 4.05. The highest BCUT2D eigenvalue weighted by Gasteiger charge is 2.24. The van der Waals surface area contributed by atoms with Gasteiger partial charge in [0, 0.05) is 5.39 Å². The van der Waals surface area contributed by atoms with Gasteiger partial charge >= 0.3 is 0 Å². The van der Waals surface area contributed by atoms with Gasteiger partial charge in [0.25, 0.3) is 15.9 Å². The van der Waals surface area contributed by atoms with E-state index in [-0.39, 0.29) is 16.3 Å². The molecule has 0 aliphatic carbocycles. The lowest BCUT2D eigenvalue weighted by Crippen LogP contribution is -2.17. The first-order valence-corrected chi connectivity index (χ1v) is 9.22. The van der Waals surface area contributed by atoms with Gasteiger partial charge < -0.3 is 10.2 Å². The van der Waals surface area contributed by atoms with Gasteiger partial charge in [-0.25, -0.2) is 8.42 Å². The van der Waals surface area contributed by atoms with Crippen molar-refractivity contribution >= 4 is 32.6 Å². The van der Waals surface area contributed by atoms with Gasteiger partial charge in [0.2, 0.25) is 5.76 Å². The fourth-order valence-electron chi connectivity index (χ4n) is 2.55. The Morgan fingerprint density at radius 1 is 1.08 bits per heavy atom. The first-order valence-electron chi connectivity index (χ1n) is 7.73. The fourth-order valence-corrected chi connectivity index (χ4v) is 3.63. The second-order valence-corrected chi connectivity index (χ2v) is 7.68. The summed E-state index contributed by atoms with van der Waals surface area (Å²) >= 11 is 0. The lowest BCUT2D eigenvalue weighted by Gasteiger charge is -2.10. The Bertz CT molecular complexity index is 1030. The molecule has 0 bridgehead atoms. The Balaban J connectivity index is 2.05. The summed E-state index contributed by atoms with van der Waals surface area (Å²) in [5, 5.41) is 0.471. The van der Waals surface area contributed by atoms with Crippen molar-refractivity contribution in [3.8, 4) is 0 Å². The van der Waals surface area contributed by atoms with Crippen molar-refractivity contribution in [3.63, 3.8) is 0 Å². The zero-order valence-electron chi connectivity index (χ0n) is 13.8. The van der Waals surface area contributed by atoms with Gasteiger partial charge in [0.1, 0.15) is 11.3 Å². The molecule has 130 valence electrons. The third-order valence-corrected chi connectivity index (χ3v) is 5.28. The van der Waals surface area contributed by atoms with Crippen molar-refractivity contribution in [1.29, 1.82) is 0 Å². The molecule has 3 rings (SSSR count). The molecular formula is C18H18N2O4S. The predicted octanol–water partition coefficient (Wildman–Crippen LogP) is 3.46. The van der Waals surface area contributed by atoms with Crippen LogP contribution in [0.1, 0.15) is 35.9 Å². The number of sulfonamides is 1. The Labute approximate surface area is 145 Å². The molecule has 1 heterocycles. The second kappa shape index (κ2) is 6.25. The Kier molecular flexibility index (Phi) is 4.26. The molecule has 3 aromatic rings. The summed E-state index contributed by atoms with van der Waals surface area (Å²) in [5.41, 5.74) is 6.79. The predicted molar refractivity (Wildman–Crippen MR) is 96.1 cm³/mol. The van der Waals surface area contributed by atoms with Crippen LogP contribution in [0.25, 0.3) is 11.0 Å². The molecule has 0 saturated heterocycles. The van der Waals surface area contributed by atoms with Crippen molar-refractivity contribution in [2.24, 2.45) is 5.73 Å². The standard InChI is InChI=1S/C18H18N2O4S/c1-11(2)12-7-9-13(10-8-12)25(22,23)20-16-14-5-3-4-6-15(14)24-17(16)18(19)21/h3-11,20H,1-2H3,(H2,19,21). The zero-order chi connectivity index (χ0) is 18.2. The molecule has 0 unspecified atom stereocenters. The molecule has 0 aliphatic rings. The SMILES string of the molecule is CC(C)c1ccc(S(=O)(=O)Nc2c(C(N)=O)oc3ccccc23)cc1. The van der Waals surface area contributed by atoms with Gasteiger partial charge in [0.15, 0.2) is 0 Å². The van der Waals surface area contributed by atoms with E-state index in [2.05, 4.69) is 4.72 Å². The first-order chi connectivity index (χ1) is 11.8. The van der Waals surface area contributed by atoms with Crippen LogP contribution in [0.15, 0.2) is 57.8 Å². The number of amides is 1. The highest BCUT2D eigenvalue weighted by atomic mass is 32.2. The van der Waals surface area contributed by atoms with E-state index in [1.807, 2.05) is 13.8 Å². The third kappa shape index (κ3) is 3.23. The molecule has 3 N–H and O–H groups in total. The van der Waals surface area contributed by atoms with Crippen molar-refractivity contribution in [1.82, 2.24) is 0 Å². The molecule has 0 fully saturated rings. The van der Waals surface area contributed by atoms with Crippen LogP contribution in [0.4, 0.5) is 5.69 Å². The van der Waals surface area contributed by atoms with Gasteiger partial charge in [-0.1, -0.05) is 38.1 Å². The minimum atomic E-state index is -3.89. The maximum atomic E-state index is 12.7. The van der Waals surface area contributed by atoms with Crippen LogP contribution in [0, 0.1) is 0 Å². The number of rotatable bonds is 5. The number of benzene rings is 2. The summed E-state index contributed by atoms with van der Waals surface area (Å²) in [6.07, 6.45) is 0. The number of para-hydroxylation sites is 1. The molecular weight excluding hydrogens is 340 g/mol. The van der Waals surface area contributed by atoms with Crippen molar-refractivity contribution in [3.05, 3.63) is 59.9 Å². The monoisotopic (exact) mass is 358 g/mol. The number of hydrogen-bond acceptors (Lipinski definition) is 4. The number of primary amides is 1. The van der Waals surface area contributed by atoms with Crippen molar-refractivity contribution in [2.75, 3.05) is 4.72 Å². The molecule has 0 radical (unpaired) electrons. The van der Waals surface area contributed by atoms with Crippen LogP contribution in [0.5, 0.6) is 0 Å². The Hall–Kier alpha value is -2.80. The topological polar surface area (TPSA) is 102 Å². The number of nitrogens with two attached hydrogens (primary N) is 1. The summed E-state index contributed by atoms with van der Waals surface area (Å²) in [6, 6.07) is 13.3. The smallest absolute Gasteiger partial charge is 0.286 e. The summed E-state index contributed by atoms with van der Waals surface area (Å²) in [4.78, 5) is 11.7. The number of nitrogens with one attached hydrogen (secondary N) is 1. The van der Waals surface area contributed by atoms with Gasteiger partial charge in [-0.2, -0.15) is 0 Å². The maximum Gasteiger partial charge on any atom is 0.286 e. The first kappa shape index (κ1) is 17.0. The van der Waals surface area contributed by atoms with E-state index in [1.54, 1.807) is 36.4 Å². The lowest BCUT2D eigenvalue weighted by atomic mass is 10.0. The highest BCUT2D eigenvalue weighted by Crippen LogP contribution is 2.32. The lowest BCUT2D eigenvalue weighted by molar-refractivity contribution is 0.0977. The number of furan rings is 1. The van der Waals surface area contributed by atoms with Crippen LogP contribution >= 0.6 is 0 Å². The van der Waals surface area contributed by atoms with Crippen molar-refractivity contribution in [2.45, 2.75) is 24.7 Å². The number of fused-ring (bicyclic) bond motifs is 1. The quantitative estimate of drug-likeness (QED) is 0.729. The Morgan fingerprint density at radius 3 is 2.32 bits per heavy atom. The molecule has 6 nitrogen and oxygen atoms in total. The molecule has 0 spiro atoms. The average Bonchev–Trinajstić information content (AvgIpc) is 2.93. The van der Waals surface area contributed by atoms with Crippen LogP contribution in [-0.4, -0.2) is 14.3 Å². The zero-order valence-corrected chi connectivity index (χ0v) is 14.6. The van der Waals surface area contributed by atoms with E-state index in [0.29, 0.717) is 16.9 Å². The van der Waals surface area contributed by atoms with E-state index < -0.39 is 15.9 Å². The van der Waals surface area contributed by atoms with E-state index in [0.717, 1.165) is 5.56 Å². The maximum absolute atomic E-state index is 12.7. The van der Waals surface area contributed by atoms with E-state index in [4.69, 9.17) is 10.2 Å². The van der Waals surface area contributed by atoms with Crippen LogP contribution in [0.3, 0.4) is 0 Å². The minimum absolute atomic E-state index is 0.0519. The molecule has 0 saturated carbocycles. The third-order valence-electron chi connectivity index (χ3n) is 3.91. The molecule has 25 heavy (non-hydrogen) atoms. The summed E-state index contributed by atoms with van der Waals surface area (Å²) < 4.78 is 33.2. The highest BCUT2D eigenvalue weighted by molar-refractivity contribution is 7.92. The molecule has 1 aromatic heterocycles. The fraction of sp³-hybridized carbons (Fsp3) is 0.167. The van der Waals surface area contributed by atoms with E-state index >= 15 is 0 Å². The molecule has 7 heteroatoms. The summed E-state index contributed by atoms with van der Waals surface area (Å²) in [5.74, 6) is -0.767. The van der Waals surface area contributed by atoms with Gasteiger partial charge in [-0.05, 0) is 35.7 Å². The van der Waals surface area contributed by atoms with Crippen LogP contribution in [0.2, 0.25) is 0 Å². The molecule has 2 aromatic carbocycles. The second-order valence-electron chi connectivity index (χ2n) is 6.00. The van der Waals surface area contributed by atoms with Crippen LogP contribution in [-0.2, 0) is 10.0 Å². The number of carbonyl (C=O) groups excluding carboxylic acids is 1. The Morgan fingerprint density at radius 2 is 1.72 bits per heavy atom. The molecule has 1 amide bonds. The molecule has 0 aliphatic heterocycles. The largest absolute Gasteiger partial charge is 0.449 e. The summed E-state index contributed by atoms with van der Waals surface area (Å²) in [7, 11) is -3.89. The number of carbonyl (C=O) groups is 1. The van der Waals surface area contributed by atoms with Crippen LogP contribution < -0.4 is 10.5 Å². The normalized spacial score (nSPS) is 11.8. The minimum Gasteiger partial charge on any atom is -0.449 e. The average molecular weight is 358 g/mol. The van der Waals surface area contributed by atoms with E-state index in [9.17, 15) is 13.2 Å². The van der Waals surface area contributed by atoms with E-state index in [1.165, 1.54) is 12.1 Å². The van der Waals surface area contributed by atoms with Gasteiger partial charge in [-0.15, -0.1) is 0 Å². The molecule has 0 atom stereocenters. The number of hydrogen-bond donors (Lipinski definition) is 2. The number of anilines is 1.